The van der Waals surface area contributed by atoms with Gasteiger partial charge in [0, 0.05) is 29.1 Å². The summed E-state index contributed by atoms with van der Waals surface area (Å²) in [5, 5.41) is 13.1. The van der Waals surface area contributed by atoms with Gasteiger partial charge in [0.1, 0.15) is 0 Å². The molecular weight excluding hydrogens is 404 g/mol. The van der Waals surface area contributed by atoms with Crippen LogP contribution in [0.25, 0.3) is 16.8 Å². The molecule has 1 aliphatic rings. The lowest BCUT2D eigenvalue weighted by Crippen LogP contribution is -2.21. The first-order chi connectivity index (χ1) is 15.7. The third kappa shape index (κ3) is 4.44. The third-order valence-electron chi connectivity index (χ3n) is 5.25. The van der Waals surface area contributed by atoms with E-state index < -0.39 is 0 Å². The molecule has 0 radical (unpaired) electrons. The number of carbonyl (C=O) groups is 2. The summed E-state index contributed by atoms with van der Waals surface area (Å²) >= 11 is 0. The molecule has 0 spiro atoms. The Kier molecular flexibility index (Phi) is 5.25. The monoisotopic (exact) mass is 426 g/mol. The number of hydrogen-bond donors (Lipinski definition) is 3. The Balaban J connectivity index is 1.26. The quantitative estimate of drug-likeness (QED) is 0.417. The molecular formula is C24H22N6O2. The molecule has 1 fully saturated rings. The first-order valence-corrected chi connectivity index (χ1v) is 10.5. The Labute approximate surface area is 184 Å². The summed E-state index contributed by atoms with van der Waals surface area (Å²) in [4.78, 5) is 28.7. The molecule has 2 aromatic carbocycles. The van der Waals surface area contributed by atoms with Crippen molar-refractivity contribution < 1.29 is 9.59 Å². The second kappa shape index (κ2) is 8.50. The molecule has 1 aliphatic carbocycles. The van der Waals surface area contributed by atoms with Crippen molar-refractivity contribution >= 4 is 34.8 Å². The van der Waals surface area contributed by atoms with E-state index in [2.05, 4.69) is 26.0 Å². The third-order valence-corrected chi connectivity index (χ3v) is 5.25. The zero-order valence-electron chi connectivity index (χ0n) is 17.3. The molecule has 8 nitrogen and oxygen atoms in total. The fourth-order valence-corrected chi connectivity index (χ4v) is 3.42. The maximum atomic E-state index is 12.1. The molecule has 0 bridgehead atoms. The Morgan fingerprint density at radius 1 is 0.906 bits per heavy atom. The molecule has 2 heterocycles. The number of aromatic nitrogens is 3. The van der Waals surface area contributed by atoms with E-state index in [0.29, 0.717) is 11.6 Å². The van der Waals surface area contributed by atoms with Crippen molar-refractivity contribution in [2.75, 3.05) is 22.5 Å². The number of fused-ring (bicyclic) bond motifs is 1. The maximum Gasteiger partial charge on any atom is 0.249 e. The van der Waals surface area contributed by atoms with E-state index in [9.17, 15) is 9.59 Å². The smallest absolute Gasteiger partial charge is 0.249 e. The zero-order valence-corrected chi connectivity index (χ0v) is 17.3. The van der Waals surface area contributed by atoms with Gasteiger partial charge in [0.05, 0.1) is 6.54 Å². The maximum absolute atomic E-state index is 12.1. The van der Waals surface area contributed by atoms with E-state index in [1.54, 1.807) is 10.7 Å². The Morgan fingerprint density at radius 3 is 2.44 bits per heavy atom. The molecule has 5 rings (SSSR count). The van der Waals surface area contributed by atoms with Gasteiger partial charge >= 0.3 is 0 Å². The van der Waals surface area contributed by atoms with Crippen LogP contribution in [0.3, 0.4) is 0 Å². The number of carbonyl (C=O) groups excluding carboxylic acids is 2. The minimum atomic E-state index is -0.116. The summed E-state index contributed by atoms with van der Waals surface area (Å²) in [6, 6.07) is 21.0. The highest BCUT2D eigenvalue weighted by atomic mass is 16.2. The summed E-state index contributed by atoms with van der Waals surface area (Å²) in [5.74, 6) is 0.274. The van der Waals surface area contributed by atoms with Crippen molar-refractivity contribution in [3.63, 3.8) is 0 Å². The lowest BCUT2D eigenvalue weighted by Gasteiger charge is -2.09. The second-order valence-electron chi connectivity index (χ2n) is 7.73. The normalized spacial score (nSPS) is 13.0. The van der Waals surface area contributed by atoms with Crippen LogP contribution in [0.15, 0.2) is 72.9 Å². The molecule has 4 aromatic rings. The van der Waals surface area contributed by atoms with Crippen LogP contribution < -0.4 is 16.0 Å². The van der Waals surface area contributed by atoms with E-state index in [4.69, 9.17) is 0 Å². The van der Waals surface area contributed by atoms with Gasteiger partial charge in [0.15, 0.2) is 5.65 Å². The second-order valence-corrected chi connectivity index (χ2v) is 7.73. The number of para-hydroxylation sites is 1. The fraction of sp³-hybridized carbons (Fsp3) is 0.167. The number of rotatable bonds is 7. The number of nitrogens with zero attached hydrogens (tertiary/aromatic N) is 3. The molecule has 0 saturated heterocycles. The highest BCUT2D eigenvalue weighted by Crippen LogP contribution is 2.30. The largest absolute Gasteiger partial charge is 0.376 e. The van der Waals surface area contributed by atoms with Crippen LogP contribution in [0.2, 0.25) is 0 Å². The highest BCUT2D eigenvalue weighted by molar-refractivity contribution is 5.94. The van der Waals surface area contributed by atoms with Gasteiger partial charge < -0.3 is 10.6 Å². The first kappa shape index (κ1) is 19.7. The molecule has 0 unspecified atom stereocenters. The SMILES string of the molecule is O=C(CNc1ccc(-c2cccn3nc(NC(=O)C4CC4)nc23)cc1)Nc1ccccc1. The van der Waals surface area contributed by atoms with Crippen LogP contribution in [0.4, 0.5) is 17.3 Å². The van der Waals surface area contributed by atoms with Gasteiger partial charge in [-0.2, -0.15) is 4.98 Å². The molecule has 3 N–H and O–H groups in total. The zero-order chi connectivity index (χ0) is 21.9. The molecule has 0 aliphatic heterocycles. The number of nitrogens with one attached hydrogen (secondary N) is 3. The van der Waals surface area contributed by atoms with Crippen molar-refractivity contribution in [2.24, 2.45) is 5.92 Å². The Hall–Kier alpha value is -4.20. The number of hydrogen-bond acceptors (Lipinski definition) is 5. The van der Waals surface area contributed by atoms with Gasteiger partial charge in [0.25, 0.3) is 0 Å². The fourth-order valence-electron chi connectivity index (χ4n) is 3.42. The first-order valence-electron chi connectivity index (χ1n) is 10.5. The Morgan fingerprint density at radius 2 is 1.69 bits per heavy atom. The molecule has 2 aromatic heterocycles. The van der Waals surface area contributed by atoms with Crippen molar-refractivity contribution in [1.82, 2.24) is 14.6 Å². The number of anilines is 3. The van der Waals surface area contributed by atoms with Crippen molar-refractivity contribution in [2.45, 2.75) is 12.8 Å². The lowest BCUT2D eigenvalue weighted by atomic mass is 10.1. The Bertz CT molecular complexity index is 1260. The molecule has 8 heteroatoms. The summed E-state index contributed by atoms with van der Waals surface area (Å²) in [6.45, 7) is 0.165. The summed E-state index contributed by atoms with van der Waals surface area (Å²) in [7, 11) is 0. The van der Waals surface area contributed by atoms with Gasteiger partial charge in [-0.3, -0.25) is 14.9 Å². The molecule has 1 saturated carbocycles. The minimum absolute atomic E-state index is 0.0193. The van der Waals surface area contributed by atoms with Gasteiger partial charge in [-0.15, -0.1) is 5.10 Å². The number of amides is 2. The van der Waals surface area contributed by atoms with E-state index in [1.807, 2.05) is 66.7 Å². The predicted octanol–water partition coefficient (Wildman–Crippen LogP) is 3.80. The van der Waals surface area contributed by atoms with Crippen LogP contribution in [0.1, 0.15) is 12.8 Å². The highest BCUT2D eigenvalue weighted by Gasteiger charge is 2.30. The number of benzene rings is 2. The topological polar surface area (TPSA) is 100 Å². The van der Waals surface area contributed by atoms with Gasteiger partial charge in [-0.1, -0.05) is 30.3 Å². The van der Waals surface area contributed by atoms with Crippen LogP contribution in [0.5, 0.6) is 0 Å². The predicted molar refractivity (Wildman–Crippen MR) is 123 cm³/mol. The van der Waals surface area contributed by atoms with Crippen LogP contribution in [-0.4, -0.2) is 33.0 Å². The molecule has 32 heavy (non-hydrogen) atoms. The summed E-state index contributed by atoms with van der Waals surface area (Å²) in [6.07, 6.45) is 3.66. The van der Waals surface area contributed by atoms with E-state index in [0.717, 1.165) is 35.3 Å². The van der Waals surface area contributed by atoms with Crippen LogP contribution in [0, 0.1) is 5.92 Å². The van der Waals surface area contributed by atoms with E-state index in [1.165, 1.54) is 0 Å². The standard InChI is InChI=1S/C24H22N6O2/c31-21(26-19-5-2-1-3-6-19)15-25-18-12-10-16(11-13-18)20-7-4-14-30-22(20)27-24(29-30)28-23(32)17-8-9-17/h1-7,10-14,17,25H,8-9,15H2,(H,26,31)(H,28,29,32). The van der Waals surface area contributed by atoms with Gasteiger partial charge in [-0.25, -0.2) is 4.52 Å². The van der Waals surface area contributed by atoms with E-state index >= 15 is 0 Å². The molecule has 160 valence electrons. The van der Waals surface area contributed by atoms with Crippen LogP contribution in [-0.2, 0) is 9.59 Å². The van der Waals surface area contributed by atoms with Crippen molar-refractivity contribution in [3.8, 4) is 11.1 Å². The lowest BCUT2D eigenvalue weighted by molar-refractivity contribution is -0.117. The van der Waals surface area contributed by atoms with E-state index in [-0.39, 0.29) is 24.3 Å². The molecule has 2 amide bonds. The summed E-state index contributed by atoms with van der Waals surface area (Å²) in [5.41, 5.74) is 4.13. The average Bonchev–Trinajstić information content (AvgIpc) is 3.58. The molecule has 0 atom stereocenters. The minimum Gasteiger partial charge on any atom is -0.376 e. The van der Waals surface area contributed by atoms with Crippen molar-refractivity contribution in [1.29, 1.82) is 0 Å². The van der Waals surface area contributed by atoms with Gasteiger partial charge in [-0.05, 0) is 54.8 Å². The number of pyridine rings is 1. The van der Waals surface area contributed by atoms with Crippen LogP contribution >= 0.6 is 0 Å². The summed E-state index contributed by atoms with van der Waals surface area (Å²) < 4.78 is 1.66. The van der Waals surface area contributed by atoms with Gasteiger partial charge in [0.2, 0.25) is 17.8 Å². The average molecular weight is 426 g/mol. The van der Waals surface area contributed by atoms with Crippen molar-refractivity contribution in [3.05, 3.63) is 72.9 Å².